The second kappa shape index (κ2) is 11.9. The number of carbonyl (C=O) groups excluding carboxylic acids is 1. The molecule has 0 fully saturated rings. The van der Waals surface area contributed by atoms with Crippen LogP contribution in [0.15, 0.2) is 59.2 Å². The Morgan fingerprint density at radius 2 is 1.94 bits per heavy atom. The number of furan rings is 1. The predicted molar refractivity (Wildman–Crippen MR) is 124 cm³/mol. The lowest BCUT2D eigenvalue weighted by Crippen LogP contribution is -2.35. The van der Waals surface area contributed by atoms with Crippen LogP contribution in [0.5, 0.6) is 11.5 Å². The largest absolute Gasteiger partial charge is 0.490 e. The molecule has 1 aromatic heterocycles. The molecule has 0 aliphatic rings. The molecule has 0 aliphatic heterocycles. The predicted octanol–water partition coefficient (Wildman–Crippen LogP) is 5.24. The van der Waals surface area contributed by atoms with Gasteiger partial charge < -0.3 is 19.0 Å². The molecule has 0 saturated heterocycles. The average molecular weight is 478 g/mol. The molecule has 3 aromatic rings. The maximum absolute atomic E-state index is 11.0. The SMILES string of the molecule is CCOc1cc(C=O)ccc1OCC(O)CN(Cc1ccco1)Cc1ccc(Cl)cc1Cl. The van der Waals surface area contributed by atoms with E-state index in [0.717, 1.165) is 17.6 Å². The Bertz CT molecular complexity index is 1010. The maximum Gasteiger partial charge on any atom is 0.161 e. The summed E-state index contributed by atoms with van der Waals surface area (Å²) in [4.78, 5) is 13.0. The van der Waals surface area contributed by atoms with Crippen molar-refractivity contribution >= 4 is 29.5 Å². The number of nitrogens with zero attached hydrogens (tertiary/aromatic N) is 1. The molecule has 32 heavy (non-hydrogen) atoms. The number of hydrogen-bond donors (Lipinski definition) is 1. The van der Waals surface area contributed by atoms with Gasteiger partial charge in [0, 0.05) is 28.7 Å². The summed E-state index contributed by atoms with van der Waals surface area (Å²) in [6, 6.07) is 14.0. The minimum absolute atomic E-state index is 0.0452. The molecule has 1 heterocycles. The summed E-state index contributed by atoms with van der Waals surface area (Å²) in [5, 5.41) is 11.8. The van der Waals surface area contributed by atoms with Crippen LogP contribution in [0.3, 0.4) is 0 Å². The maximum atomic E-state index is 11.0. The van der Waals surface area contributed by atoms with Gasteiger partial charge in [0.25, 0.3) is 0 Å². The first-order chi connectivity index (χ1) is 15.5. The molecule has 0 bridgehead atoms. The Kier molecular flexibility index (Phi) is 9.00. The van der Waals surface area contributed by atoms with Crippen molar-refractivity contribution in [2.45, 2.75) is 26.1 Å². The number of aliphatic hydroxyl groups is 1. The molecule has 170 valence electrons. The van der Waals surface area contributed by atoms with Gasteiger partial charge in [0.2, 0.25) is 0 Å². The molecule has 6 nitrogen and oxygen atoms in total. The Hall–Kier alpha value is -2.51. The van der Waals surface area contributed by atoms with Crippen molar-refractivity contribution < 1.29 is 23.8 Å². The normalized spacial score (nSPS) is 12.0. The molecule has 0 saturated carbocycles. The van der Waals surface area contributed by atoms with E-state index in [2.05, 4.69) is 0 Å². The van der Waals surface area contributed by atoms with Crippen LogP contribution in [0, 0.1) is 0 Å². The first kappa shape index (κ1) is 24.1. The molecular formula is C24H25Cl2NO5. The highest BCUT2D eigenvalue weighted by molar-refractivity contribution is 6.35. The first-order valence-electron chi connectivity index (χ1n) is 10.2. The summed E-state index contributed by atoms with van der Waals surface area (Å²) in [6.45, 7) is 3.62. The minimum Gasteiger partial charge on any atom is -0.490 e. The van der Waals surface area contributed by atoms with E-state index < -0.39 is 6.10 Å². The smallest absolute Gasteiger partial charge is 0.161 e. The second-order valence-corrected chi connectivity index (χ2v) is 8.05. The third kappa shape index (κ3) is 7.00. The van der Waals surface area contributed by atoms with Gasteiger partial charge in [-0.2, -0.15) is 0 Å². The van der Waals surface area contributed by atoms with E-state index >= 15 is 0 Å². The van der Waals surface area contributed by atoms with Gasteiger partial charge in [-0.15, -0.1) is 0 Å². The van der Waals surface area contributed by atoms with Crippen molar-refractivity contribution in [1.29, 1.82) is 0 Å². The molecule has 0 amide bonds. The van der Waals surface area contributed by atoms with E-state index in [1.807, 2.05) is 30.0 Å². The number of ether oxygens (including phenoxy) is 2. The Morgan fingerprint density at radius 1 is 1.09 bits per heavy atom. The number of rotatable bonds is 12. The van der Waals surface area contributed by atoms with Crippen molar-refractivity contribution in [2.24, 2.45) is 0 Å². The molecule has 0 aliphatic carbocycles. The Balaban J connectivity index is 1.66. The summed E-state index contributed by atoms with van der Waals surface area (Å²) >= 11 is 12.4. The van der Waals surface area contributed by atoms with Crippen LogP contribution in [0.2, 0.25) is 10.0 Å². The summed E-state index contributed by atoms with van der Waals surface area (Å²) in [5.41, 5.74) is 1.38. The van der Waals surface area contributed by atoms with E-state index in [1.54, 1.807) is 36.6 Å². The van der Waals surface area contributed by atoms with Gasteiger partial charge in [-0.3, -0.25) is 9.69 Å². The number of aliphatic hydroxyl groups excluding tert-OH is 1. The molecule has 8 heteroatoms. The monoisotopic (exact) mass is 477 g/mol. The van der Waals surface area contributed by atoms with E-state index in [0.29, 0.717) is 53.3 Å². The summed E-state index contributed by atoms with van der Waals surface area (Å²) in [6.07, 6.45) is 1.56. The standard InChI is InChI=1S/C24H25Cl2NO5/c1-2-30-24-10-17(15-28)5-8-23(24)32-16-20(29)13-27(14-21-4-3-9-31-21)12-18-6-7-19(25)11-22(18)26/h3-11,15,20,29H,2,12-14,16H2,1H3. The highest BCUT2D eigenvalue weighted by atomic mass is 35.5. The zero-order chi connectivity index (χ0) is 22.9. The molecule has 0 radical (unpaired) electrons. The average Bonchev–Trinajstić information content (AvgIpc) is 3.28. The van der Waals surface area contributed by atoms with Gasteiger partial charge in [0.05, 0.1) is 19.4 Å². The van der Waals surface area contributed by atoms with Crippen LogP contribution in [-0.2, 0) is 13.1 Å². The van der Waals surface area contributed by atoms with Crippen LogP contribution in [0.25, 0.3) is 0 Å². The van der Waals surface area contributed by atoms with Crippen LogP contribution >= 0.6 is 23.2 Å². The van der Waals surface area contributed by atoms with Gasteiger partial charge in [-0.25, -0.2) is 0 Å². The van der Waals surface area contributed by atoms with Crippen LogP contribution in [0.4, 0.5) is 0 Å². The number of carbonyl (C=O) groups is 1. The summed E-state index contributed by atoms with van der Waals surface area (Å²) < 4.78 is 16.8. The topological polar surface area (TPSA) is 72.1 Å². The second-order valence-electron chi connectivity index (χ2n) is 7.21. The molecule has 3 rings (SSSR count). The molecule has 1 unspecified atom stereocenters. The quantitative estimate of drug-likeness (QED) is 0.359. The molecular weight excluding hydrogens is 453 g/mol. The summed E-state index contributed by atoms with van der Waals surface area (Å²) in [7, 11) is 0. The third-order valence-corrected chi connectivity index (χ3v) is 5.26. The van der Waals surface area contributed by atoms with Crippen molar-refractivity contribution in [3.63, 3.8) is 0 Å². The minimum atomic E-state index is -0.795. The number of aldehydes is 1. The van der Waals surface area contributed by atoms with E-state index in [-0.39, 0.29) is 6.61 Å². The first-order valence-corrected chi connectivity index (χ1v) is 11.0. The fourth-order valence-electron chi connectivity index (χ4n) is 3.22. The third-order valence-electron chi connectivity index (χ3n) is 4.67. The molecule has 2 aromatic carbocycles. The molecule has 1 N–H and O–H groups in total. The van der Waals surface area contributed by atoms with Crippen LogP contribution in [-0.4, -0.2) is 42.2 Å². The number of halogens is 2. The van der Waals surface area contributed by atoms with Crippen molar-refractivity contribution in [3.8, 4) is 11.5 Å². The van der Waals surface area contributed by atoms with E-state index in [9.17, 15) is 9.90 Å². The van der Waals surface area contributed by atoms with Gasteiger partial charge in [0.1, 0.15) is 24.8 Å². The van der Waals surface area contributed by atoms with E-state index in [1.165, 1.54) is 0 Å². The molecule has 1 atom stereocenters. The van der Waals surface area contributed by atoms with Gasteiger partial charge >= 0.3 is 0 Å². The highest BCUT2D eigenvalue weighted by Crippen LogP contribution is 2.28. The lowest BCUT2D eigenvalue weighted by Gasteiger charge is -2.25. The highest BCUT2D eigenvalue weighted by Gasteiger charge is 2.17. The Labute approximate surface area is 197 Å². The summed E-state index contributed by atoms with van der Waals surface area (Å²) in [5.74, 6) is 1.70. The zero-order valence-corrected chi connectivity index (χ0v) is 19.2. The van der Waals surface area contributed by atoms with Crippen LogP contribution < -0.4 is 9.47 Å². The van der Waals surface area contributed by atoms with Crippen molar-refractivity contribution in [3.05, 3.63) is 81.7 Å². The van der Waals surface area contributed by atoms with Gasteiger partial charge in [-0.1, -0.05) is 29.3 Å². The Morgan fingerprint density at radius 3 is 2.62 bits per heavy atom. The fraction of sp³-hybridized carbons (Fsp3) is 0.292. The number of hydrogen-bond acceptors (Lipinski definition) is 6. The lowest BCUT2D eigenvalue weighted by molar-refractivity contribution is 0.0594. The van der Waals surface area contributed by atoms with E-state index in [4.69, 9.17) is 37.1 Å². The van der Waals surface area contributed by atoms with Gasteiger partial charge in [0.15, 0.2) is 11.5 Å². The van der Waals surface area contributed by atoms with Gasteiger partial charge in [-0.05, 0) is 55.0 Å². The van der Waals surface area contributed by atoms with Crippen LogP contribution in [0.1, 0.15) is 28.6 Å². The fourth-order valence-corrected chi connectivity index (χ4v) is 3.69. The zero-order valence-electron chi connectivity index (χ0n) is 17.7. The lowest BCUT2D eigenvalue weighted by atomic mass is 10.2. The molecule has 0 spiro atoms. The van der Waals surface area contributed by atoms with Crippen molar-refractivity contribution in [2.75, 3.05) is 19.8 Å². The van der Waals surface area contributed by atoms with Crippen molar-refractivity contribution in [1.82, 2.24) is 4.90 Å². The number of benzene rings is 2.